The Morgan fingerprint density at radius 1 is 1.14 bits per heavy atom. The SMILES string of the molecule is CC(C)[C@@H](CCNCCN1CCOCC1)c1ccc(Cl)cc1. The second-order valence-electron chi connectivity index (χ2n) is 6.39. The van der Waals surface area contributed by atoms with E-state index in [-0.39, 0.29) is 0 Å². The Labute approximate surface area is 140 Å². The van der Waals surface area contributed by atoms with Crippen molar-refractivity contribution in [3.63, 3.8) is 0 Å². The minimum atomic E-state index is 0.591. The molecule has 124 valence electrons. The predicted molar refractivity (Wildman–Crippen MR) is 93.8 cm³/mol. The van der Waals surface area contributed by atoms with Crippen LogP contribution >= 0.6 is 11.6 Å². The monoisotopic (exact) mass is 324 g/mol. The van der Waals surface area contributed by atoms with E-state index in [1.54, 1.807) is 0 Å². The maximum Gasteiger partial charge on any atom is 0.0594 e. The number of rotatable bonds is 8. The molecule has 0 aromatic heterocycles. The molecule has 1 aromatic rings. The molecule has 4 heteroatoms. The van der Waals surface area contributed by atoms with Gasteiger partial charge in [-0.2, -0.15) is 0 Å². The number of nitrogens with zero attached hydrogens (tertiary/aromatic N) is 1. The number of ether oxygens (including phenoxy) is 1. The highest BCUT2D eigenvalue weighted by molar-refractivity contribution is 6.30. The van der Waals surface area contributed by atoms with Gasteiger partial charge < -0.3 is 10.1 Å². The topological polar surface area (TPSA) is 24.5 Å². The molecule has 0 unspecified atom stereocenters. The molecule has 1 atom stereocenters. The minimum Gasteiger partial charge on any atom is -0.379 e. The van der Waals surface area contributed by atoms with Crippen LogP contribution < -0.4 is 5.32 Å². The predicted octanol–water partition coefficient (Wildman–Crippen LogP) is 3.39. The first-order valence-corrected chi connectivity index (χ1v) is 8.81. The smallest absolute Gasteiger partial charge is 0.0594 e. The summed E-state index contributed by atoms with van der Waals surface area (Å²) in [4.78, 5) is 2.47. The summed E-state index contributed by atoms with van der Waals surface area (Å²) in [5.74, 6) is 1.23. The van der Waals surface area contributed by atoms with Gasteiger partial charge in [-0.15, -0.1) is 0 Å². The molecule has 0 spiro atoms. The van der Waals surface area contributed by atoms with Gasteiger partial charge in [0, 0.05) is 31.2 Å². The van der Waals surface area contributed by atoms with Crippen LogP contribution in [0.4, 0.5) is 0 Å². The minimum absolute atomic E-state index is 0.591. The zero-order valence-corrected chi connectivity index (χ0v) is 14.6. The van der Waals surface area contributed by atoms with Crippen molar-refractivity contribution in [2.24, 2.45) is 5.92 Å². The third kappa shape index (κ3) is 5.88. The molecular weight excluding hydrogens is 296 g/mol. The first-order valence-electron chi connectivity index (χ1n) is 8.43. The lowest BCUT2D eigenvalue weighted by molar-refractivity contribution is 0.0384. The lowest BCUT2D eigenvalue weighted by Crippen LogP contribution is -2.40. The van der Waals surface area contributed by atoms with E-state index in [2.05, 4.69) is 36.2 Å². The lowest BCUT2D eigenvalue weighted by Gasteiger charge is -2.27. The third-order valence-corrected chi connectivity index (χ3v) is 4.70. The molecular formula is C18H29ClN2O. The van der Waals surface area contributed by atoms with Crippen LogP contribution in [0.2, 0.25) is 5.02 Å². The van der Waals surface area contributed by atoms with Gasteiger partial charge in [0.25, 0.3) is 0 Å². The van der Waals surface area contributed by atoms with Gasteiger partial charge in [0.15, 0.2) is 0 Å². The van der Waals surface area contributed by atoms with Gasteiger partial charge in [-0.05, 0) is 42.5 Å². The van der Waals surface area contributed by atoms with Crippen molar-refractivity contribution in [1.29, 1.82) is 0 Å². The average molecular weight is 325 g/mol. The fourth-order valence-corrected chi connectivity index (χ4v) is 3.17. The van der Waals surface area contributed by atoms with Crippen LogP contribution in [0, 0.1) is 5.92 Å². The van der Waals surface area contributed by atoms with Crippen LogP contribution in [-0.4, -0.2) is 50.8 Å². The number of nitrogens with one attached hydrogen (secondary N) is 1. The van der Waals surface area contributed by atoms with E-state index in [9.17, 15) is 0 Å². The zero-order valence-electron chi connectivity index (χ0n) is 13.9. The molecule has 1 aliphatic heterocycles. The highest BCUT2D eigenvalue weighted by Crippen LogP contribution is 2.28. The molecule has 0 aliphatic carbocycles. The van der Waals surface area contributed by atoms with Crippen molar-refractivity contribution >= 4 is 11.6 Å². The summed E-state index contributed by atoms with van der Waals surface area (Å²) in [7, 11) is 0. The Morgan fingerprint density at radius 3 is 2.45 bits per heavy atom. The van der Waals surface area contributed by atoms with Crippen LogP contribution in [-0.2, 0) is 4.74 Å². The molecule has 1 heterocycles. The standard InChI is InChI=1S/C18H29ClN2O/c1-15(2)18(16-3-5-17(19)6-4-16)7-8-20-9-10-21-11-13-22-14-12-21/h3-6,15,18,20H,7-14H2,1-2H3/t18-/m1/s1. The van der Waals surface area contributed by atoms with E-state index < -0.39 is 0 Å². The molecule has 1 N–H and O–H groups in total. The van der Waals surface area contributed by atoms with Gasteiger partial charge in [0.2, 0.25) is 0 Å². The van der Waals surface area contributed by atoms with E-state index in [1.807, 2.05) is 12.1 Å². The van der Waals surface area contributed by atoms with Crippen LogP contribution in [0.25, 0.3) is 0 Å². The fourth-order valence-electron chi connectivity index (χ4n) is 3.04. The van der Waals surface area contributed by atoms with Gasteiger partial charge in [0.1, 0.15) is 0 Å². The molecule has 0 radical (unpaired) electrons. The highest BCUT2D eigenvalue weighted by atomic mass is 35.5. The second kappa shape index (κ2) is 9.51. The van der Waals surface area contributed by atoms with Gasteiger partial charge in [-0.3, -0.25) is 4.90 Å². The van der Waals surface area contributed by atoms with Crippen molar-refractivity contribution in [3.05, 3.63) is 34.9 Å². The second-order valence-corrected chi connectivity index (χ2v) is 6.83. The summed E-state index contributed by atoms with van der Waals surface area (Å²) >= 11 is 5.99. The molecule has 3 nitrogen and oxygen atoms in total. The molecule has 22 heavy (non-hydrogen) atoms. The number of hydrogen-bond donors (Lipinski definition) is 1. The molecule has 1 aliphatic rings. The molecule has 1 aromatic carbocycles. The van der Waals surface area contributed by atoms with Crippen LogP contribution in [0.15, 0.2) is 24.3 Å². The summed E-state index contributed by atoms with van der Waals surface area (Å²) in [6.45, 7) is 11.7. The molecule has 1 saturated heterocycles. The largest absolute Gasteiger partial charge is 0.379 e. The molecule has 1 fully saturated rings. The van der Waals surface area contributed by atoms with Gasteiger partial charge in [-0.1, -0.05) is 37.6 Å². The quantitative estimate of drug-likeness (QED) is 0.742. The molecule has 0 saturated carbocycles. The Hall–Kier alpha value is -0.610. The van der Waals surface area contributed by atoms with Gasteiger partial charge >= 0.3 is 0 Å². The normalized spacial score (nSPS) is 17.8. The van der Waals surface area contributed by atoms with Crippen molar-refractivity contribution in [2.45, 2.75) is 26.2 Å². The maximum absolute atomic E-state index is 5.99. The van der Waals surface area contributed by atoms with E-state index in [0.717, 1.165) is 51.0 Å². The highest BCUT2D eigenvalue weighted by Gasteiger charge is 2.15. The molecule has 0 bridgehead atoms. The molecule has 0 amide bonds. The zero-order chi connectivity index (χ0) is 15.8. The van der Waals surface area contributed by atoms with Crippen molar-refractivity contribution in [2.75, 3.05) is 45.9 Å². The number of benzene rings is 1. The number of morpholine rings is 1. The van der Waals surface area contributed by atoms with Crippen LogP contribution in [0.1, 0.15) is 31.7 Å². The van der Waals surface area contributed by atoms with E-state index in [0.29, 0.717) is 11.8 Å². The summed E-state index contributed by atoms with van der Waals surface area (Å²) in [5, 5.41) is 4.41. The number of hydrogen-bond acceptors (Lipinski definition) is 3. The van der Waals surface area contributed by atoms with E-state index in [1.165, 1.54) is 12.0 Å². The lowest BCUT2D eigenvalue weighted by atomic mass is 9.86. The van der Waals surface area contributed by atoms with Crippen molar-refractivity contribution in [3.8, 4) is 0 Å². The summed E-state index contributed by atoms with van der Waals surface area (Å²) in [5.41, 5.74) is 1.40. The van der Waals surface area contributed by atoms with E-state index >= 15 is 0 Å². The Morgan fingerprint density at radius 2 is 1.82 bits per heavy atom. The Kier molecular flexibility index (Phi) is 7.67. The van der Waals surface area contributed by atoms with Crippen molar-refractivity contribution in [1.82, 2.24) is 10.2 Å². The third-order valence-electron chi connectivity index (χ3n) is 4.44. The first kappa shape index (κ1) is 17.7. The average Bonchev–Trinajstić information content (AvgIpc) is 2.53. The maximum atomic E-state index is 5.99. The van der Waals surface area contributed by atoms with Crippen molar-refractivity contribution < 1.29 is 4.74 Å². The van der Waals surface area contributed by atoms with Gasteiger partial charge in [0.05, 0.1) is 13.2 Å². The van der Waals surface area contributed by atoms with Crippen LogP contribution in [0.3, 0.4) is 0 Å². The van der Waals surface area contributed by atoms with Crippen LogP contribution in [0.5, 0.6) is 0 Å². The summed E-state index contributed by atoms with van der Waals surface area (Å²) in [6.07, 6.45) is 1.17. The van der Waals surface area contributed by atoms with E-state index in [4.69, 9.17) is 16.3 Å². The fraction of sp³-hybridized carbons (Fsp3) is 0.667. The Balaban J connectivity index is 1.69. The number of halogens is 1. The molecule has 2 rings (SSSR count). The Bertz CT molecular complexity index is 416. The van der Waals surface area contributed by atoms with Gasteiger partial charge in [-0.25, -0.2) is 0 Å². The summed E-state index contributed by atoms with van der Waals surface area (Å²) in [6, 6.07) is 8.33. The first-order chi connectivity index (χ1) is 10.7. The summed E-state index contributed by atoms with van der Waals surface area (Å²) < 4.78 is 5.37.